The molecule has 0 aromatic heterocycles. The number of carboxylic acid groups (broad SMARTS) is 1. The van der Waals surface area contributed by atoms with Crippen molar-refractivity contribution in [2.75, 3.05) is 25.4 Å². The Hall–Kier alpha value is -1.93. The average Bonchev–Trinajstić information content (AvgIpc) is 2.61. The van der Waals surface area contributed by atoms with E-state index >= 15 is 0 Å². The van der Waals surface area contributed by atoms with Crippen molar-refractivity contribution in [1.82, 2.24) is 9.21 Å². The second-order valence-corrected chi connectivity index (χ2v) is 8.43. The third-order valence-electron chi connectivity index (χ3n) is 4.35. The van der Waals surface area contributed by atoms with Crippen LogP contribution in [0.1, 0.15) is 25.3 Å². The number of carboxylic acids is 1. The molecule has 0 saturated carbocycles. The fourth-order valence-electron chi connectivity index (χ4n) is 3.02. The molecule has 1 amide bonds. The van der Waals surface area contributed by atoms with E-state index in [1.165, 1.54) is 9.21 Å². The lowest BCUT2D eigenvalue weighted by Gasteiger charge is -2.33. The van der Waals surface area contributed by atoms with Gasteiger partial charge in [-0.05, 0) is 25.3 Å². The highest BCUT2D eigenvalue weighted by atomic mass is 32.2. The molecule has 1 fully saturated rings. The van der Waals surface area contributed by atoms with Gasteiger partial charge in [0.15, 0.2) is 0 Å². The van der Waals surface area contributed by atoms with Crippen LogP contribution in [0.5, 0.6) is 0 Å². The van der Waals surface area contributed by atoms with Crippen LogP contribution in [0.2, 0.25) is 0 Å². The Kier molecular flexibility index (Phi) is 6.55. The van der Waals surface area contributed by atoms with Crippen molar-refractivity contribution < 1.29 is 23.1 Å². The fourth-order valence-corrected chi connectivity index (χ4v) is 4.20. The largest absolute Gasteiger partial charge is 0.480 e. The third-order valence-corrected chi connectivity index (χ3v) is 6.19. The monoisotopic (exact) mass is 368 g/mol. The second kappa shape index (κ2) is 8.44. The Bertz CT molecular complexity index is 705. The van der Waals surface area contributed by atoms with Crippen LogP contribution in [0.15, 0.2) is 30.3 Å². The van der Waals surface area contributed by atoms with Crippen LogP contribution >= 0.6 is 0 Å². The summed E-state index contributed by atoms with van der Waals surface area (Å²) in [6.07, 6.45) is 1.17. The number of aliphatic carboxylic acids is 1. The molecule has 8 heteroatoms. The van der Waals surface area contributed by atoms with Gasteiger partial charge in [-0.2, -0.15) is 0 Å². The van der Waals surface area contributed by atoms with Crippen LogP contribution in [-0.2, 0) is 26.2 Å². The van der Waals surface area contributed by atoms with Crippen molar-refractivity contribution in [3.63, 3.8) is 0 Å². The maximum absolute atomic E-state index is 12.8. The molecular formula is C17H24N2O5S. The zero-order valence-electron chi connectivity index (χ0n) is 14.3. The highest BCUT2D eigenvalue weighted by Gasteiger charge is 2.34. The molecule has 1 saturated heterocycles. The van der Waals surface area contributed by atoms with Gasteiger partial charge in [-0.1, -0.05) is 30.3 Å². The summed E-state index contributed by atoms with van der Waals surface area (Å²) in [5, 5.41) is 9.13. The van der Waals surface area contributed by atoms with Crippen molar-refractivity contribution in [2.24, 2.45) is 5.92 Å². The molecule has 1 atom stereocenters. The molecule has 0 bridgehead atoms. The van der Waals surface area contributed by atoms with Crippen molar-refractivity contribution in [1.29, 1.82) is 0 Å². The summed E-state index contributed by atoms with van der Waals surface area (Å²) in [6.45, 7) is 1.91. The molecule has 1 heterocycles. The van der Waals surface area contributed by atoms with Crippen LogP contribution in [0, 0.1) is 5.92 Å². The first-order chi connectivity index (χ1) is 11.8. The van der Waals surface area contributed by atoms with Crippen molar-refractivity contribution >= 4 is 21.9 Å². The lowest BCUT2D eigenvalue weighted by molar-refractivity contribution is -0.147. The van der Waals surface area contributed by atoms with Crippen LogP contribution in [0.25, 0.3) is 0 Å². The number of carbonyl (C=O) groups excluding carboxylic acids is 1. The lowest BCUT2D eigenvalue weighted by Crippen LogP contribution is -2.47. The van der Waals surface area contributed by atoms with Crippen molar-refractivity contribution in [3.8, 4) is 0 Å². The van der Waals surface area contributed by atoms with Crippen molar-refractivity contribution in [2.45, 2.75) is 26.3 Å². The van der Waals surface area contributed by atoms with Gasteiger partial charge in [0.1, 0.15) is 6.54 Å². The molecule has 0 radical (unpaired) electrons. The third kappa shape index (κ3) is 5.27. The molecule has 0 aliphatic carbocycles. The van der Waals surface area contributed by atoms with Crippen LogP contribution in [0.3, 0.4) is 0 Å². The van der Waals surface area contributed by atoms with E-state index in [4.69, 9.17) is 5.11 Å². The van der Waals surface area contributed by atoms with E-state index in [-0.39, 0.29) is 24.7 Å². The average molecular weight is 368 g/mol. The predicted octanol–water partition coefficient (Wildman–Crippen LogP) is 1.16. The number of carbonyl (C=O) groups is 2. The van der Waals surface area contributed by atoms with E-state index in [1.807, 2.05) is 30.3 Å². The minimum atomic E-state index is -3.35. The molecule has 1 N–H and O–H groups in total. The molecular weight excluding hydrogens is 344 g/mol. The number of sulfonamides is 1. The smallest absolute Gasteiger partial charge is 0.323 e. The molecule has 1 unspecified atom stereocenters. The maximum atomic E-state index is 12.8. The SMILES string of the molecule is CCS(=O)(=O)N1CCCC(C(=O)N(CC(=O)O)Cc2ccccc2)C1. The summed E-state index contributed by atoms with van der Waals surface area (Å²) in [4.78, 5) is 25.3. The summed E-state index contributed by atoms with van der Waals surface area (Å²) in [7, 11) is -3.35. The van der Waals surface area contributed by atoms with Gasteiger partial charge in [0, 0.05) is 19.6 Å². The minimum Gasteiger partial charge on any atom is -0.480 e. The first-order valence-electron chi connectivity index (χ1n) is 8.36. The van der Waals surface area contributed by atoms with E-state index in [0.717, 1.165) is 5.56 Å². The van der Waals surface area contributed by atoms with Crippen LogP contribution in [-0.4, -0.2) is 60.0 Å². The predicted molar refractivity (Wildman–Crippen MR) is 93.3 cm³/mol. The summed E-state index contributed by atoms with van der Waals surface area (Å²) >= 11 is 0. The highest BCUT2D eigenvalue weighted by Crippen LogP contribution is 2.22. The fraction of sp³-hybridized carbons (Fsp3) is 0.529. The molecule has 1 aliphatic rings. The standard InChI is InChI=1S/C17H24N2O5S/c1-2-25(23,24)19-10-6-9-15(12-19)17(22)18(13-16(20)21)11-14-7-4-3-5-8-14/h3-5,7-8,15H,2,6,9-13H2,1H3,(H,20,21). The Morgan fingerprint density at radius 2 is 1.96 bits per heavy atom. The zero-order valence-corrected chi connectivity index (χ0v) is 15.1. The Morgan fingerprint density at radius 3 is 2.56 bits per heavy atom. The first kappa shape index (κ1) is 19.4. The summed E-state index contributed by atoms with van der Waals surface area (Å²) in [6, 6.07) is 9.17. The van der Waals surface area contributed by atoms with E-state index < -0.39 is 28.5 Å². The summed E-state index contributed by atoms with van der Waals surface area (Å²) in [5.41, 5.74) is 0.839. The number of benzene rings is 1. The number of rotatable bonds is 7. The Balaban J connectivity index is 2.13. The van der Waals surface area contributed by atoms with Gasteiger partial charge in [-0.15, -0.1) is 0 Å². The lowest BCUT2D eigenvalue weighted by atomic mass is 9.97. The number of hydrogen-bond acceptors (Lipinski definition) is 4. The van der Waals surface area contributed by atoms with Crippen molar-refractivity contribution in [3.05, 3.63) is 35.9 Å². The second-order valence-electron chi connectivity index (χ2n) is 6.17. The molecule has 0 spiro atoms. The normalized spacial score (nSPS) is 18.7. The van der Waals surface area contributed by atoms with E-state index in [9.17, 15) is 18.0 Å². The van der Waals surface area contributed by atoms with E-state index in [1.54, 1.807) is 6.92 Å². The molecule has 138 valence electrons. The molecule has 25 heavy (non-hydrogen) atoms. The van der Waals surface area contributed by atoms with Crippen LogP contribution in [0.4, 0.5) is 0 Å². The summed E-state index contributed by atoms with van der Waals surface area (Å²) in [5.74, 6) is -1.89. The maximum Gasteiger partial charge on any atom is 0.323 e. The molecule has 2 rings (SSSR count). The molecule has 1 aromatic carbocycles. The van der Waals surface area contributed by atoms with Gasteiger partial charge in [0.2, 0.25) is 15.9 Å². The highest BCUT2D eigenvalue weighted by molar-refractivity contribution is 7.89. The van der Waals surface area contributed by atoms with E-state index in [0.29, 0.717) is 19.4 Å². The topological polar surface area (TPSA) is 95.0 Å². The number of hydrogen-bond donors (Lipinski definition) is 1. The zero-order chi connectivity index (χ0) is 18.4. The van der Waals surface area contributed by atoms with Gasteiger partial charge in [-0.25, -0.2) is 12.7 Å². The quantitative estimate of drug-likeness (QED) is 0.779. The van der Waals surface area contributed by atoms with Gasteiger partial charge in [0.05, 0.1) is 11.7 Å². The number of nitrogens with zero attached hydrogens (tertiary/aromatic N) is 2. The van der Waals surface area contributed by atoms with E-state index in [2.05, 4.69) is 0 Å². The Morgan fingerprint density at radius 1 is 1.28 bits per heavy atom. The van der Waals surface area contributed by atoms with Gasteiger partial charge in [0.25, 0.3) is 0 Å². The summed E-state index contributed by atoms with van der Waals surface area (Å²) < 4.78 is 25.5. The van der Waals surface area contributed by atoms with Gasteiger partial charge >= 0.3 is 5.97 Å². The first-order valence-corrected chi connectivity index (χ1v) is 9.96. The van der Waals surface area contributed by atoms with Crippen LogP contribution < -0.4 is 0 Å². The Labute approximate surface area is 148 Å². The number of amides is 1. The molecule has 7 nitrogen and oxygen atoms in total. The number of piperidine rings is 1. The van der Waals surface area contributed by atoms with Gasteiger partial charge < -0.3 is 10.0 Å². The van der Waals surface area contributed by atoms with Gasteiger partial charge in [-0.3, -0.25) is 9.59 Å². The molecule has 1 aromatic rings. The molecule has 1 aliphatic heterocycles. The minimum absolute atomic E-state index is 0.00321.